The van der Waals surface area contributed by atoms with Gasteiger partial charge in [-0.2, -0.15) is 0 Å². The molecule has 2 aliphatic rings. The van der Waals surface area contributed by atoms with Crippen molar-refractivity contribution in [2.75, 3.05) is 0 Å². The van der Waals surface area contributed by atoms with E-state index in [0.29, 0.717) is 11.1 Å². The first kappa shape index (κ1) is 24.0. The third-order valence-electron chi connectivity index (χ3n) is 6.88. The Kier molecular flexibility index (Phi) is 6.24. The van der Waals surface area contributed by atoms with E-state index in [1.165, 1.54) is 24.3 Å². The summed E-state index contributed by atoms with van der Waals surface area (Å²) in [6, 6.07) is 16.6. The molecule has 0 spiro atoms. The summed E-state index contributed by atoms with van der Waals surface area (Å²) in [5.41, 5.74) is 0.998. The molecule has 4 rings (SSSR count). The van der Waals surface area contributed by atoms with Crippen LogP contribution in [0.2, 0.25) is 6.25 Å². The van der Waals surface area contributed by atoms with E-state index in [9.17, 15) is 0 Å². The zero-order valence-electron chi connectivity index (χ0n) is 17.6. The second kappa shape index (κ2) is 8.58. The molecule has 0 aliphatic heterocycles. The van der Waals surface area contributed by atoms with Crippen LogP contribution in [0.3, 0.4) is 0 Å². The fraction of sp³-hybridized carbons (Fsp3) is 0.231. The normalized spacial score (nSPS) is 18.8. The molecule has 0 unspecified atom stereocenters. The van der Waals surface area contributed by atoms with Gasteiger partial charge in [0.2, 0.25) is 0 Å². The SMILES string of the molecule is FC(F)(F)[C]1([Zr]([CH2]c2ccccc2)([CH2]c2ccccc2)[C]2(C(F)(F)F)C=CC=C2)C=CC=C1. The van der Waals surface area contributed by atoms with Crippen molar-refractivity contribution in [2.24, 2.45) is 0 Å². The summed E-state index contributed by atoms with van der Waals surface area (Å²) in [6.07, 6.45) is -0.792. The van der Waals surface area contributed by atoms with Gasteiger partial charge in [-0.15, -0.1) is 0 Å². The van der Waals surface area contributed by atoms with Gasteiger partial charge in [-0.25, -0.2) is 0 Å². The van der Waals surface area contributed by atoms with E-state index < -0.39 is 38.9 Å². The van der Waals surface area contributed by atoms with Crippen LogP contribution in [0.5, 0.6) is 0 Å². The summed E-state index contributed by atoms with van der Waals surface area (Å²) in [6.45, 7) is 0. The van der Waals surface area contributed by atoms with Crippen molar-refractivity contribution in [3.05, 3.63) is 120 Å². The molecule has 0 amide bonds. The Balaban J connectivity index is 2.10. The molecule has 0 saturated carbocycles. The molecular formula is C26H22F6Zr. The predicted molar refractivity (Wildman–Crippen MR) is 114 cm³/mol. The first-order chi connectivity index (χ1) is 15.6. The second-order valence-corrected chi connectivity index (χ2v) is 19.7. The van der Waals surface area contributed by atoms with Gasteiger partial charge in [0.05, 0.1) is 0 Å². The predicted octanol–water partition coefficient (Wildman–Crippen LogP) is 8.23. The van der Waals surface area contributed by atoms with Crippen LogP contribution in [-0.2, 0) is 28.5 Å². The van der Waals surface area contributed by atoms with E-state index in [1.54, 1.807) is 60.7 Å². The molecule has 0 N–H and O–H groups in total. The molecule has 33 heavy (non-hydrogen) atoms. The van der Waals surface area contributed by atoms with E-state index in [0.717, 1.165) is 24.3 Å². The van der Waals surface area contributed by atoms with Crippen molar-refractivity contribution in [1.82, 2.24) is 0 Å². The fourth-order valence-electron chi connectivity index (χ4n) is 5.38. The molecule has 7 heteroatoms. The second-order valence-electron chi connectivity index (χ2n) is 8.58. The van der Waals surface area contributed by atoms with Gasteiger partial charge < -0.3 is 0 Å². The Morgan fingerprint density at radius 2 is 0.818 bits per heavy atom. The standard InChI is InChI=1S/2C7H7.2C6H4F3.Zr/c2*1-7-5-3-2-4-6-7;2*7-6(8,9)5-3-1-2-4-5;/h2*2-6H,1H2;2*1-4H;. The summed E-state index contributed by atoms with van der Waals surface area (Å²) in [7, 11) is 0. The van der Waals surface area contributed by atoms with E-state index in [4.69, 9.17) is 0 Å². The van der Waals surface area contributed by atoms with E-state index in [1.807, 2.05) is 0 Å². The van der Waals surface area contributed by atoms with E-state index in [-0.39, 0.29) is 8.26 Å². The Morgan fingerprint density at radius 3 is 1.09 bits per heavy atom. The maximum absolute atomic E-state index is 15.1. The molecule has 0 nitrogen and oxygen atoms in total. The van der Waals surface area contributed by atoms with Crippen LogP contribution in [0, 0.1) is 0 Å². The molecule has 0 fully saturated rings. The molecule has 0 atom stereocenters. The summed E-state index contributed by atoms with van der Waals surface area (Å²) in [5.74, 6) is 0. The monoisotopic (exact) mass is 538 g/mol. The Labute approximate surface area is 193 Å². The zero-order valence-corrected chi connectivity index (χ0v) is 20.0. The van der Waals surface area contributed by atoms with Gasteiger partial charge in [0.1, 0.15) is 0 Å². The molecule has 0 aromatic heterocycles. The molecule has 0 saturated heterocycles. The number of allylic oxidation sites excluding steroid dienone is 8. The van der Waals surface area contributed by atoms with Crippen molar-refractivity contribution in [3.8, 4) is 0 Å². The Morgan fingerprint density at radius 1 is 0.515 bits per heavy atom. The van der Waals surface area contributed by atoms with Crippen molar-refractivity contribution >= 4 is 0 Å². The number of halogens is 6. The first-order valence-corrected chi connectivity index (χ1v) is 16.5. The van der Waals surface area contributed by atoms with Crippen LogP contribution >= 0.6 is 0 Å². The summed E-state index contributed by atoms with van der Waals surface area (Å²) in [5, 5.41) is 0. The van der Waals surface area contributed by atoms with Gasteiger partial charge >= 0.3 is 194 Å². The molecule has 2 aliphatic carbocycles. The van der Waals surface area contributed by atoms with Gasteiger partial charge in [-0.1, -0.05) is 0 Å². The summed E-state index contributed by atoms with van der Waals surface area (Å²) in [4.78, 5) is 0. The number of benzene rings is 2. The molecule has 0 bridgehead atoms. The third kappa shape index (κ3) is 3.82. The molecular weight excluding hydrogens is 517 g/mol. The van der Waals surface area contributed by atoms with Crippen LogP contribution in [0.15, 0.2) is 109 Å². The van der Waals surface area contributed by atoms with Crippen molar-refractivity contribution in [3.63, 3.8) is 0 Å². The summed E-state index contributed by atoms with van der Waals surface area (Å²) >= 11 is -5.71. The molecule has 172 valence electrons. The van der Waals surface area contributed by atoms with Gasteiger partial charge in [0, 0.05) is 0 Å². The maximum atomic E-state index is 15.1. The summed E-state index contributed by atoms with van der Waals surface area (Å²) < 4.78 is 84.6. The van der Waals surface area contributed by atoms with Crippen molar-refractivity contribution in [1.29, 1.82) is 0 Å². The quantitative estimate of drug-likeness (QED) is 0.324. The average molecular weight is 540 g/mol. The van der Waals surface area contributed by atoms with E-state index >= 15 is 26.3 Å². The number of hydrogen-bond donors (Lipinski definition) is 0. The molecule has 2 aromatic carbocycles. The number of alkyl halides is 6. The fourth-order valence-corrected chi connectivity index (χ4v) is 21.6. The van der Waals surface area contributed by atoms with Crippen LogP contribution in [-0.4, -0.2) is 12.4 Å². The third-order valence-corrected chi connectivity index (χ3v) is 22.7. The number of rotatable bonds is 6. The zero-order chi connectivity index (χ0) is 23.8. The molecule has 0 radical (unpaired) electrons. The topological polar surface area (TPSA) is 0 Å². The molecule has 2 aromatic rings. The van der Waals surface area contributed by atoms with Crippen molar-refractivity contribution in [2.45, 2.75) is 26.9 Å². The van der Waals surface area contributed by atoms with Gasteiger partial charge in [0.25, 0.3) is 0 Å². The first-order valence-electron chi connectivity index (χ1n) is 10.5. The molecule has 0 heterocycles. The van der Waals surface area contributed by atoms with Crippen LogP contribution < -0.4 is 0 Å². The number of hydrogen-bond acceptors (Lipinski definition) is 0. The van der Waals surface area contributed by atoms with E-state index in [2.05, 4.69) is 0 Å². The van der Waals surface area contributed by atoms with Crippen molar-refractivity contribution < 1.29 is 46.6 Å². The minimum absolute atomic E-state index is 0.229. The minimum atomic E-state index is -5.71. The van der Waals surface area contributed by atoms with Gasteiger partial charge in [-0.05, 0) is 0 Å². The average Bonchev–Trinajstić information content (AvgIpc) is 3.46. The Bertz CT molecular complexity index is 978. The Hall–Kier alpha value is -2.14. The van der Waals surface area contributed by atoms with Crippen LogP contribution in [0.1, 0.15) is 11.1 Å². The van der Waals surface area contributed by atoms with Crippen LogP contribution in [0.4, 0.5) is 26.3 Å². The van der Waals surface area contributed by atoms with Gasteiger partial charge in [-0.3, -0.25) is 0 Å². The van der Waals surface area contributed by atoms with Crippen LogP contribution in [0.25, 0.3) is 0 Å². The van der Waals surface area contributed by atoms with Gasteiger partial charge in [0.15, 0.2) is 0 Å².